The van der Waals surface area contributed by atoms with E-state index in [0.717, 1.165) is 0 Å². The highest BCUT2D eigenvalue weighted by atomic mass is 19.1. The lowest BCUT2D eigenvalue weighted by Gasteiger charge is -2.38. The van der Waals surface area contributed by atoms with Crippen molar-refractivity contribution < 1.29 is 23.5 Å². The fourth-order valence-corrected chi connectivity index (χ4v) is 3.94. The summed E-state index contributed by atoms with van der Waals surface area (Å²) in [6.45, 7) is 0. The Morgan fingerprint density at radius 2 is 1.80 bits per heavy atom. The first-order valence-corrected chi connectivity index (χ1v) is 10.8. The maximum Gasteiger partial charge on any atom is 0.345 e. The van der Waals surface area contributed by atoms with Crippen molar-refractivity contribution in [2.45, 2.75) is 6.17 Å². The monoisotopic (exact) mass is 469 g/mol. The zero-order chi connectivity index (χ0) is 24.4. The Hall–Kier alpha value is -4.72. The van der Waals surface area contributed by atoms with Crippen molar-refractivity contribution in [3.05, 3.63) is 114 Å². The van der Waals surface area contributed by atoms with Crippen molar-refractivity contribution in [1.82, 2.24) is 4.98 Å². The summed E-state index contributed by atoms with van der Waals surface area (Å²) < 4.78 is 24.6. The van der Waals surface area contributed by atoms with Crippen LogP contribution in [0.1, 0.15) is 32.4 Å². The number of carbonyl (C=O) groups is 2. The van der Waals surface area contributed by atoms with Gasteiger partial charge in [0, 0.05) is 23.8 Å². The van der Waals surface area contributed by atoms with Crippen LogP contribution in [-0.2, 0) is 0 Å². The number of para-hydroxylation sites is 1. The summed E-state index contributed by atoms with van der Waals surface area (Å²) >= 11 is 0. The first-order valence-electron chi connectivity index (χ1n) is 10.8. The maximum absolute atomic E-state index is 13.6. The van der Waals surface area contributed by atoms with Gasteiger partial charge < -0.3 is 14.8 Å². The molecule has 0 saturated heterocycles. The lowest BCUT2D eigenvalue weighted by molar-refractivity contribution is 0.0729. The molecule has 1 atom stereocenters. The van der Waals surface area contributed by atoms with Gasteiger partial charge in [-0.2, -0.15) is 0 Å². The predicted molar refractivity (Wildman–Crippen MR) is 128 cm³/mol. The molecule has 0 aliphatic carbocycles. The molecule has 7 nitrogen and oxygen atoms in total. The number of benzene rings is 3. The van der Waals surface area contributed by atoms with Gasteiger partial charge in [0.05, 0.1) is 18.2 Å². The minimum atomic E-state index is -0.625. The SMILES string of the molecule is COc1cc([C@@H]2Nc3ccccc3C(=O)N2c2ccc(F)cc2)ccc1OC(=O)c1cccnc1. The average Bonchev–Trinajstić information content (AvgIpc) is 2.90. The summed E-state index contributed by atoms with van der Waals surface area (Å²) in [5.74, 6) is -0.670. The van der Waals surface area contributed by atoms with Crippen LogP contribution < -0.4 is 19.7 Å². The zero-order valence-corrected chi connectivity index (χ0v) is 18.6. The van der Waals surface area contributed by atoms with Gasteiger partial charge in [0.2, 0.25) is 0 Å². The molecule has 1 aromatic heterocycles. The lowest BCUT2D eigenvalue weighted by atomic mass is 10.0. The second-order valence-electron chi connectivity index (χ2n) is 7.79. The molecule has 5 rings (SSSR count). The molecule has 0 radical (unpaired) electrons. The molecular weight excluding hydrogens is 449 g/mol. The number of esters is 1. The van der Waals surface area contributed by atoms with Gasteiger partial charge in [-0.3, -0.25) is 14.7 Å². The average molecular weight is 469 g/mol. The van der Waals surface area contributed by atoms with E-state index in [1.165, 1.54) is 25.4 Å². The van der Waals surface area contributed by atoms with E-state index in [1.807, 2.05) is 12.1 Å². The van der Waals surface area contributed by atoms with Crippen LogP contribution in [-0.4, -0.2) is 24.0 Å². The van der Waals surface area contributed by atoms with Crippen LogP contribution in [0.3, 0.4) is 0 Å². The Morgan fingerprint density at radius 3 is 2.54 bits per heavy atom. The first kappa shape index (κ1) is 22.1. The molecule has 1 N–H and O–H groups in total. The number of fused-ring (bicyclic) bond motifs is 1. The van der Waals surface area contributed by atoms with Crippen LogP contribution in [0.25, 0.3) is 0 Å². The molecule has 0 fully saturated rings. The fourth-order valence-electron chi connectivity index (χ4n) is 3.94. The standard InChI is InChI=1S/C27H20FN3O4/c1-34-24-15-17(8-13-23(24)35-27(33)18-5-4-14-29-16-18)25-30-22-7-3-2-6-21(22)26(32)31(25)20-11-9-19(28)10-12-20/h2-16,25,30H,1H3/t25-/m1/s1. The summed E-state index contributed by atoms with van der Waals surface area (Å²) in [5.41, 5.74) is 2.68. The third-order valence-corrected chi connectivity index (χ3v) is 5.63. The molecule has 0 spiro atoms. The fraction of sp³-hybridized carbons (Fsp3) is 0.0741. The molecule has 1 aliphatic rings. The summed E-state index contributed by atoms with van der Waals surface area (Å²) in [6, 6.07) is 21.2. The van der Waals surface area contributed by atoms with Crippen molar-refractivity contribution in [2.75, 3.05) is 17.3 Å². The molecule has 0 unspecified atom stereocenters. The Labute approximate surface area is 200 Å². The van der Waals surface area contributed by atoms with Crippen LogP contribution >= 0.6 is 0 Å². The Kier molecular flexibility index (Phi) is 5.85. The lowest BCUT2D eigenvalue weighted by Crippen LogP contribution is -2.43. The molecule has 3 aromatic carbocycles. The summed E-state index contributed by atoms with van der Waals surface area (Å²) in [4.78, 5) is 31.5. The molecule has 1 amide bonds. The van der Waals surface area contributed by atoms with Crippen LogP contribution in [0.2, 0.25) is 0 Å². The van der Waals surface area contributed by atoms with Gasteiger partial charge in [0.1, 0.15) is 12.0 Å². The van der Waals surface area contributed by atoms with E-state index >= 15 is 0 Å². The van der Waals surface area contributed by atoms with Gasteiger partial charge in [-0.1, -0.05) is 18.2 Å². The van der Waals surface area contributed by atoms with Crippen LogP contribution in [0.5, 0.6) is 11.5 Å². The van der Waals surface area contributed by atoms with Crippen molar-refractivity contribution in [2.24, 2.45) is 0 Å². The zero-order valence-electron chi connectivity index (χ0n) is 18.6. The molecule has 1 aliphatic heterocycles. The molecular formula is C27H20FN3O4. The second kappa shape index (κ2) is 9.26. The van der Waals surface area contributed by atoms with Gasteiger partial charge >= 0.3 is 5.97 Å². The van der Waals surface area contributed by atoms with Gasteiger partial charge in [0.15, 0.2) is 11.5 Å². The number of nitrogens with one attached hydrogen (secondary N) is 1. The first-order chi connectivity index (χ1) is 17.0. The number of hydrogen-bond donors (Lipinski definition) is 1. The number of carbonyl (C=O) groups excluding carboxylic acids is 2. The van der Waals surface area contributed by atoms with E-state index in [2.05, 4.69) is 10.3 Å². The maximum atomic E-state index is 13.6. The number of halogens is 1. The second-order valence-corrected chi connectivity index (χ2v) is 7.79. The molecule has 0 saturated carbocycles. The number of ether oxygens (including phenoxy) is 2. The molecule has 0 bridgehead atoms. The van der Waals surface area contributed by atoms with Crippen molar-refractivity contribution >= 4 is 23.3 Å². The van der Waals surface area contributed by atoms with Crippen LogP contribution in [0.4, 0.5) is 15.8 Å². The number of amides is 1. The van der Waals surface area contributed by atoms with E-state index < -0.39 is 18.0 Å². The number of anilines is 2. The summed E-state index contributed by atoms with van der Waals surface area (Å²) in [7, 11) is 1.47. The van der Waals surface area contributed by atoms with Gasteiger partial charge in [-0.25, -0.2) is 9.18 Å². The smallest absolute Gasteiger partial charge is 0.345 e. The van der Waals surface area contributed by atoms with Crippen molar-refractivity contribution in [3.8, 4) is 11.5 Å². The van der Waals surface area contributed by atoms with Gasteiger partial charge in [0.25, 0.3) is 5.91 Å². The minimum absolute atomic E-state index is 0.223. The topological polar surface area (TPSA) is 80.8 Å². The minimum Gasteiger partial charge on any atom is -0.493 e. The highest BCUT2D eigenvalue weighted by Crippen LogP contribution is 2.39. The van der Waals surface area contributed by atoms with E-state index in [4.69, 9.17) is 9.47 Å². The molecule has 4 aromatic rings. The summed E-state index contributed by atoms with van der Waals surface area (Å²) in [6.07, 6.45) is 2.36. The normalized spacial score (nSPS) is 14.6. The van der Waals surface area contributed by atoms with Crippen LogP contribution in [0, 0.1) is 5.82 Å². The van der Waals surface area contributed by atoms with E-state index in [1.54, 1.807) is 65.7 Å². The molecule has 174 valence electrons. The number of aromatic nitrogens is 1. The van der Waals surface area contributed by atoms with Gasteiger partial charge in [-0.05, 0) is 66.2 Å². The third-order valence-electron chi connectivity index (χ3n) is 5.63. The highest BCUT2D eigenvalue weighted by Gasteiger charge is 2.34. The molecule has 35 heavy (non-hydrogen) atoms. The quantitative estimate of drug-likeness (QED) is 0.319. The van der Waals surface area contributed by atoms with Crippen LogP contribution in [0.15, 0.2) is 91.3 Å². The number of methoxy groups -OCH3 is 1. The predicted octanol–water partition coefficient (Wildman–Crippen LogP) is 5.22. The Bertz CT molecular complexity index is 1390. The Morgan fingerprint density at radius 1 is 1.00 bits per heavy atom. The molecule has 8 heteroatoms. The van der Waals surface area contributed by atoms with Crippen molar-refractivity contribution in [1.29, 1.82) is 0 Å². The number of rotatable bonds is 5. The van der Waals surface area contributed by atoms with Crippen molar-refractivity contribution in [3.63, 3.8) is 0 Å². The van der Waals surface area contributed by atoms with Gasteiger partial charge in [-0.15, -0.1) is 0 Å². The van der Waals surface area contributed by atoms with E-state index in [0.29, 0.717) is 33.8 Å². The van der Waals surface area contributed by atoms with E-state index in [-0.39, 0.29) is 11.7 Å². The number of nitrogens with zero attached hydrogens (tertiary/aromatic N) is 2. The molecule has 2 heterocycles. The number of pyridine rings is 1. The largest absolute Gasteiger partial charge is 0.493 e. The highest BCUT2D eigenvalue weighted by molar-refractivity contribution is 6.12. The van der Waals surface area contributed by atoms with E-state index in [9.17, 15) is 14.0 Å². The third kappa shape index (κ3) is 4.29. The Balaban J connectivity index is 1.53. The summed E-state index contributed by atoms with van der Waals surface area (Å²) in [5, 5.41) is 3.38. The number of hydrogen-bond acceptors (Lipinski definition) is 6.